The van der Waals surface area contributed by atoms with E-state index in [1.54, 1.807) is 19.9 Å². The van der Waals surface area contributed by atoms with Crippen LogP contribution < -0.4 is 10.1 Å². The lowest BCUT2D eigenvalue weighted by Gasteiger charge is -2.56. The van der Waals surface area contributed by atoms with Crippen molar-refractivity contribution in [2.45, 2.75) is 77.2 Å². The number of hydrogen-bond acceptors (Lipinski definition) is 3. The van der Waals surface area contributed by atoms with Crippen molar-refractivity contribution in [3.8, 4) is 5.75 Å². The molecule has 1 atom stereocenters. The summed E-state index contributed by atoms with van der Waals surface area (Å²) in [6.07, 6.45) is 9.82. The summed E-state index contributed by atoms with van der Waals surface area (Å²) in [5, 5.41) is 11.8. The molecule has 0 heterocycles. The molecule has 6 rings (SSSR count). The number of nitrogens with one attached hydrogen (secondary N) is 1. The van der Waals surface area contributed by atoms with Crippen LogP contribution in [-0.4, -0.2) is 29.6 Å². The normalized spacial score (nSPS) is 31.6. The number of amides is 1. The average molecular weight is 444 g/mol. The first-order chi connectivity index (χ1) is 15.2. The third kappa shape index (κ3) is 4.13. The number of carbonyl (C=O) groups is 2. The largest absolute Gasteiger partial charge is 0.493 e. The van der Waals surface area contributed by atoms with Gasteiger partial charge in [-0.2, -0.15) is 0 Å². The molecule has 5 nitrogen and oxygen atoms in total. The minimum absolute atomic E-state index is 0.0963. The van der Waals surface area contributed by atoms with Crippen LogP contribution >= 0.6 is 0 Å². The van der Waals surface area contributed by atoms with Gasteiger partial charge in [0.1, 0.15) is 17.6 Å². The fraction of sp³-hybridized carbons (Fsp3) is 0.692. The maximum absolute atomic E-state index is 15.0. The Morgan fingerprint density at radius 2 is 1.72 bits per heavy atom. The van der Waals surface area contributed by atoms with E-state index < -0.39 is 23.7 Å². The van der Waals surface area contributed by atoms with E-state index >= 15 is 4.39 Å². The quantitative estimate of drug-likeness (QED) is 0.584. The second-order valence-electron chi connectivity index (χ2n) is 11.4. The van der Waals surface area contributed by atoms with Crippen molar-refractivity contribution in [1.29, 1.82) is 0 Å². The van der Waals surface area contributed by atoms with E-state index in [-0.39, 0.29) is 22.8 Å². The highest BCUT2D eigenvalue weighted by molar-refractivity contribution is 5.97. The fourth-order valence-corrected chi connectivity index (χ4v) is 7.01. The SMILES string of the molecule is CC(C)C(NC(=O)c1cc(C2CC2)c(OCC23CC4CC(CC(C4)C2)C3)cc1F)C(=O)O. The lowest BCUT2D eigenvalue weighted by Crippen LogP contribution is -2.48. The maximum Gasteiger partial charge on any atom is 0.326 e. The van der Waals surface area contributed by atoms with Gasteiger partial charge in [0.15, 0.2) is 0 Å². The Hall–Kier alpha value is -2.11. The zero-order valence-electron chi connectivity index (χ0n) is 19.0. The Labute approximate surface area is 189 Å². The number of hydrogen-bond donors (Lipinski definition) is 2. The van der Waals surface area contributed by atoms with Gasteiger partial charge in [-0.05, 0) is 92.6 Å². The van der Waals surface area contributed by atoms with Crippen LogP contribution in [0.5, 0.6) is 5.75 Å². The minimum atomic E-state index is -1.12. The highest BCUT2D eigenvalue weighted by Gasteiger charge is 2.51. The van der Waals surface area contributed by atoms with Crippen molar-refractivity contribution in [3.05, 3.63) is 29.1 Å². The van der Waals surface area contributed by atoms with Gasteiger partial charge >= 0.3 is 5.97 Å². The lowest BCUT2D eigenvalue weighted by atomic mass is 9.50. The average Bonchev–Trinajstić information content (AvgIpc) is 3.54. The predicted octanol–water partition coefficient (Wildman–Crippen LogP) is 5.14. The molecule has 1 amide bonds. The summed E-state index contributed by atoms with van der Waals surface area (Å²) in [6.45, 7) is 4.06. The molecular formula is C26H34FNO4. The molecule has 0 spiro atoms. The molecule has 0 aromatic heterocycles. The van der Waals surface area contributed by atoms with Crippen LogP contribution in [0.2, 0.25) is 0 Å². The molecule has 2 N–H and O–H groups in total. The van der Waals surface area contributed by atoms with E-state index in [0.29, 0.717) is 12.4 Å². The zero-order chi connectivity index (χ0) is 22.6. The molecule has 5 aliphatic rings. The van der Waals surface area contributed by atoms with Gasteiger partial charge in [0.2, 0.25) is 0 Å². The third-order valence-corrected chi connectivity index (χ3v) is 8.28. The number of ether oxygens (including phenoxy) is 1. The second-order valence-corrected chi connectivity index (χ2v) is 11.4. The number of carbonyl (C=O) groups excluding carboxylic acids is 1. The summed E-state index contributed by atoms with van der Waals surface area (Å²) >= 11 is 0. The number of rotatable bonds is 8. The molecular weight excluding hydrogens is 409 g/mol. The summed E-state index contributed by atoms with van der Waals surface area (Å²) in [4.78, 5) is 24.2. The Balaban J connectivity index is 1.34. The molecule has 1 unspecified atom stereocenters. The van der Waals surface area contributed by atoms with Gasteiger partial charge in [-0.15, -0.1) is 0 Å². The molecule has 32 heavy (non-hydrogen) atoms. The molecule has 1 aromatic carbocycles. The van der Waals surface area contributed by atoms with E-state index in [2.05, 4.69) is 5.32 Å². The van der Waals surface area contributed by atoms with Gasteiger partial charge in [-0.3, -0.25) is 4.79 Å². The Kier molecular flexibility index (Phi) is 5.45. The molecule has 5 fully saturated rings. The van der Waals surface area contributed by atoms with Crippen LogP contribution in [0.15, 0.2) is 12.1 Å². The van der Waals surface area contributed by atoms with Gasteiger partial charge in [0.05, 0.1) is 12.2 Å². The van der Waals surface area contributed by atoms with E-state index in [1.165, 1.54) is 44.6 Å². The van der Waals surface area contributed by atoms with Crippen molar-refractivity contribution >= 4 is 11.9 Å². The zero-order valence-corrected chi connectivity index (χ0v) is 19.0. The van der Waals surface area contributed by atoms with Crippen molar-refractivity contribution < 1.29 is 23.8 Å². The lowest BCUT2D eigenvalue weighted by molar-refractivity contribution is -0.140. The molecule has 4 bridgehead atoms. The molecule has 0 saturated heterocycles. The number of benzene rings is 1. The topological polar surface area (TPSA) is 75.6 Å². The monoisotopic (exact) mass is 443 g/mol. The van der Waals surface area contributed by atoms with Crippen LogP contribution in [0.4, 0.5) is 4.39 Å². The third-order valence-electron chi connectivity index (χ3n) is 8.28. The summed E-state index contributed by atoms with van der Waals surface area (Å²) in [5.74, 6) is 0.594. The van der Waals surface area contributed by atoms with Crippen LogP contribution in [-0.2, 0) is 4.79 Å². The van der Waals surface area contributed by atoms with Gasteiger partial charge < -0.3 is 15.2 Å². The molecule has 1 aromatic rings. The number of aliphatic carboxylic acids is 1. The Morgan fingerprint density at radius 1 is 1.12 bits per heavy atom. The first-order valence-electron chi connectivity index (χ1n) is 12.2. The first-order valence-corrected chi connectivity index (χ1v) is 12.2. The van der Waals surface area contributed by atoms with E-state index in [1.807, 2.05) is 0 Å². The fourth-order valence-electron chi connectivity index (χ4n) is 7.01. The summed E-state index contributed by atoms with van der Waals surface area (Å²) in [7, 11) is 0. The molecule has 5 saturated carbocycles. The van der Waals surface area contributed by atoms with Crippen LogP contribution in [0.25, 0.3) is 0 Å². The van der Waals surface area contributed by atoms with Crippen molar-refractivity contribution in [2.24, 2.45) is 29.1 Å². The second kappa shape index (κ2) is 8.03. The van der Waals surface area contributed by atoms with Crippen LogP contribution in [0.1, 0.15) is 87.1 Å². The summed E-state index contributed by atoms with van der Waals surface area (Å²) < 4.78 is 21.3. The molecule has 5 aliphatic carbocycles. The Bertz CT molecular complexity index is 887. The highest BCUT2D eigenvalue weighted by Crippen LogP contribution is 2.60. The predicted molar refractivity (Wildman–Crippen MR) is 118 cm³/mol. The van der Waals surface area contributed by atoms with Crippen LogP contribution in [0, 0.1) is 34.9 Å². The van der Waals surface area contributed by atoms with Crippen LogP contribution in [0.3, 0.4) is 0 Å². The van der Waals surface area contributed by atoms with Gasteiger partial charge in [-0.25, -0.2) is 9.18 Å². The first kappa shape index (κ1) is 21.7. The van der Waals surface area contributed by atoms with Crippen molar-refractivity contribution in [3.63, 3.8) is 0 Å². The maximum atomic E-state index is 15.0. The number of carboxylic acid groups (broad SMARTS) is 1. The molecule has 174 valence electrons. The smallest absolute Gasteiger partial charge is 0.326 e. The number of halogens is 1. The highest BCUT2D eigenvalue weighted by atomic mass is 19.1. The van der Waals surface area contributed by atoms with E-state index in [9.17, 15) is 14.7 Å². The van der Waals surface area contributed by atoms with Gasteiger partial charge in [0.25, 0.3) is 5.91 Å². The van der Waals surface area contributed by atoms with Gasteiger partial charge in [0, 0.05) is 11.5 Å². The molecule has 0 radical (unpaired) electrons. The standard InChI is InChI=1S/C26H34FNO4/c1-14(2)23(25(30)31)28-24(29)20-8-19(18-3-4-18)22(9-21(20)27)32-13-26-10-15-5-16(11-26)7-17(6-15)12-26/h8-9,14-18,23H,3-7,10-13H2,1-2H3,(H,28,29)(H,30,31). The van der Waals surface area contributed by atoms with Gasteiger partial charge in [-0.1, -0.05) is 13.8 Å². The summed E-state index contributed by atoms with van der Waals surface area (Å²) in [5.41, 5.74) is 1.02. The Morgan fingerprint density at radius 3 is 2.22 bits per heavy atom. The molecule has 6 heteroatoms. The van der Waals surface area contributed by atoms with E-state index in [0.717, 1.165) is 36.2 Å². The number of carboxylic acids is 1. The van der Waals surface area contributed by atoms with E-state index in [4.69, 9.17) is 4.74 Å². The summed E-state index contributed by atoms with van der Waals surface area (Å²) in [6, 6.07) is 1.89. The minimum Gasteiger partial charge on any atom is -0.493 e. The van der Waals surface area contributed by atoms with Crippen molar-refractivity contribution in [1.82, 2.24) is 5.32 Å². The molecule has 0 aliphatic heterocycles. The van der Waals surface area contributed by atoms with Crippen molar-refractivity contribution in [2.75, 3.05) is 6.61 Å².